The van der Waals surface area contributed by atoms with E-state index in [0.29, 0.717) is 10.9 Å². The molecule has 0 saturated heterocycles. The van der Waals surface area contributed by atoms with Crippen molar-refractivity contribution in [2.24, 2.45) is 0 Å². The van der Waals surface area contributed by atoms with E-state index in [2.05, 4.69) is 5.32 Å². The van der Waals surface area contributed by atoms with E-state index in [-0.39, 0.29) is 18.4 Å². The van der Waals surface area contributed by atoms with Gasteiger partial charge in [-0.15, -0.1) is 0 Å². The van der Waals surface area contributed by atoms with E-state index in [1.807, 2.05) is 54.6 Å². The van der Waals surface area contributed by atoms with Crippen molar-refractivity contribution in [3.63, 3.8) is 0 Å². The van der Waals surface area contributed by atoms with E-state index < -0.39 is 5.97 Å². The second-order valence-electron chi connectivity index (χ2n) is 6.25. The normalized spacial score (nSPS) is 11.9. The molecule has 2 N–H and O–H groups in total. The first-order chi connectivity index (χ1) is 13.0. The maximum Gasteiger partial charge on any atom is 0.336 e. The molecule has 0 spiro atoms. The Morgan fingerprint density at radius 3 is 2.26 bits per heavy atom. The van der Waals surface area contributed by atoms with E-state index >= 15 is 0 Å². The Hall–Kier alpha value is -3.18. The molecule has 0 aliphatic carbocycles. The average molecular weight is 363 g/mol. The Labute approximate surface area is 157 Å². The van der Waals surface area contributed by atoms with E-state index in [1.54, 1.807) is 13.1 Å². The number of fused-ring (bicyclic) bond motifs is 1. The number of carbonyl (C=O) groups is 2. The van der Waals surface area contributed by atoms with Crippen molar-refractivity contribution in [3.8, 4) is 11.1 Å². The molecule has 0 bridgehead atoms. The van der Waals surface area contributed by atoms with Crippen LogP contribution in [0, 0.1) is 0 Å². The Kier molecular flexibility index (Phi) is 5.52. The van der Waals surface area contributed by atoms with Gasteiger partial charge in [0, 0.05) is 6.04 Å². The lowest BCUT2D eigenvalue weighted by atomic mass is 9.93. The van der Waals surface area contributed by atoms with Crippen LogP contribution in [0.15, 0.2) is 60.7 Å². The van der Waals surface area contributed by atoms with E-state index in [9.17, 15) is 14.7 Å². The summed E-state index contributed by atoms with van der Waals surface area (Å²) >= 11 is 0. The SMILES string of the molecule is CN[C@@H](CC(=O)OC)c1ccc(-c2ccc(C(=O)O)c3ccccc23)cc1. The first-order valence-electron chi connectivity index (χ1n) is 8.64. The van der Waals surface area contributed by atoms with Crippen LogP contribution in [0.1, 0.15) is 28.4 Å². The molecular formula is C22H21NO4. The van der Waals surface area contributed by atoms with Crippen LogP contribution in [0.4, 0.5) is 0 Å². The van der Waals surface area contributed by atoms with E-state index in [1.165, 1.54) is 7.11 Å². The fourth-order valence-electron chi connectivity index (χ4n) is 3.27. The molecule has 0 aromatic heterocycles. The van der Waals surface area contributed by atoms with E-state index in [4.69, 9.17) is 4.74 Å². The highest BCUT2D eigenvalue weighted by atomic mass is 16.5. The molecule has 0 radical (unpaired) electrons. The third-order valence-corrected chi connectivity index (χ3v) is 4.73. The van der Waals surface area contributed by atoms with Gasteiger partial charge in [-0.25, -0.2) is 4.79 Å². The van der Waals surface area contributed by atoms with Crippen LogP contribution in [0.3, 0.4) is 0 Å². The number of hydrogen-bond donors (Lipinski definition) is 2. The highest BCUT2D eigenvalue weighted by Crippen LogP contribution is 2.32. The summed E-state index contributed by atoms with van der Waals surface area (Å²) in [6.45, 7) is 0. The third-order valence-electron chi connectivity index (χ3n) is 4.73. The number of carboxylic acid groups (broad SMARTS) is 1. The lowest BCUT2D eigenvalue weighted by molar-refractivity contribution is -0.141. The van der Waals surface area contributed by atoms with Crippen molar-refractivity contribution >= 4 is 22.7 Å². The molecule has 138 valence electrons. The van der Waals surface area contributed by atoms with Gasteiger partial charge < -0.3 is 15.2 Å². The van der Waals surface area contributed by atoms with Crippen molar-refractivity contribution in [2.45, 2.75) is 12.5 Å². The molecule has 0 saturated carbocycles. The van der Waals surface area contributed by atoms with Crippen molar-refractivity contribution in [3.05, 3.63) is 71.8 Å². The summed E-state index contributed by atoms with van der Waals surface area (Å²) in [5.74, 6) is -1.21. The quantitative estimate of drug-likeness (QED) is 0.647. The van der Waals surface area contributed by atoms with Gasteiger partial charge in [-0.05, 0) is 40.6 Å². The van der Waals surface area contributed by atoms with Gasteiger partial charge in [0.15, 0.2) is 0 Å². The van der Waals surface area contributed by atoms with Gasteiger partial charge in [0.25, 0.3) is 0 Å². The van der Waals surface area contributed by atoms with Crippen LogP contribution < -0.4 is 5.32 Å². The van der Waals surface area contributed by atoms with Crippen LogP contribution >= 0.6 is 0 Å². The number of nitrogens with one attached hydrogen (secondary N) is 1. The summed E-state index contributed by atoms with van der Waals surface area (Å²) in [6.07, 6.45) is 0.253. The monoisotopic (exact) mass is 363 g/mol. The molecule has 27 heavy (non-hydrogen) atoms. The summed E-state index contributed by atoms with van der Waals surface area (Å²) < 4.78 is 4.75. The van der Waals surface area contributed by atoms with Crippen LogP contribution in [-0.2, 0) is 9.53 Å². The predicted molar refractivity (Wildman–Crippen MR) is 105 cm³/mol. The number of benzene rings is 3. The number of aromatic carboxylic acids is 1. The fourth-order valence-corrected chi connectivity index (χ4v) is 3.27. The molecule has 0 heterocycles. The zero-order chi connectivity index (χ0) is 19.4. The number of hydrogen-bond acceptors (Lipinski definition) is 4. The van der Waals surface area contributed by atoms with Crippen LogP contribution in [0.2, 0.25) is 0 Å². The number of carbonyl (C=O) groups excluding carboxylic acids is 1. The molecule has 0 aliphatic heterocycles. The lowest BCUT2D eigenvalue weighted by Gasteiger charge is -2.16. The van der Waals surface area contributed by atoms with Gasteiger partial charge in [-0.3, -0.25) is 4.79 Å². The molecule has 5 heteroatoms. The largest absolute Gasteiger partial charge is 0.478 e. The second kappa shape index (κ2) is 8.01. The molecule has 3 aromatic carbocycles. The number of methoxy groups -OCH3 is 1. The highest BCUT2D eigenvalue weighted by Gasteiger charge is 2.16. The Morgan fingerprint density at radius 2 is 1.67 bits per heavy atom. The Balaban J connectivity index is 1.99. The third kappa shape index (κ3) is 3.83. The number of carboxylic acids is 1. The maximum absolute atomic E-state index is 11.6. The number of rotatable bonds is 6. The Morgan fingerprint density at radius 1 is 1.00 bits per heavy atom. The Bertz CT molecular complexity index is 979. The minimum atomic E-state index is -0.937. The van der Waals surface area contributed by atoms with Crippen molar-refractivity contribution in [1.29, 1.82) is 0 Å². The molecule has 0 fully saturated rings. The minimum Gasteiger partial charge on any atom is -0.478 e. The molecular weight excluding hydrogens is 342 g/mol. The molecule has 0 unspecified atom stereocenters. The van der Waals surface area contributed by atoms with Crippen LogP contribution in [0.5, 0.6) is 0 Å². The fraction of sp³-hybridized carbons (Fsp3) is 0.182. The highest BCUT2D eigenvalue weighted by molar-refractivity contribution is 6.08. The molecule has 0 amide bonds. The first kappa shape index (κ1) is 18.6. The molecule has 0 aliphatic rings. The van der Waals surface area contributed by atoms with Crippen molar-refractivity contribution in [2.75, 3.05) is 14.2 Å². The molecule has 3 aromatic rings. The van der Waals surface area contributed by atoms with Crippen LogP contribution in [-0.4, -0.2) is 31.2 Å². The average Bonchev–Trinajstić information content (AvgIpc) is 2.71. The van der Waals surface area contributed by atoms with Crippen molar-refractivity contribution in [1.82, 2.24) is 5.32 Å². The molecule has 5 nitrogen and oxygen atoms in total. The van der Waals surface area contributed by atoms with Gasteiger partial charge >= 0.3 is 11.9 Å². The standard InChI is InChI=1S/C22H21NO4/c1-23-20(13-21(24)27-2)15-9-7-14(8-10-15)16-11-12-19(22(25)26)18-6-4-3-5-17(16)18/h3-12,20,23H,13H2,1-2H3,(H,25,26)/t20-/m0/s1. The van der Waals surface area contributed by atoms with Crippen molar-refractivity contribution < 1.29 is 19.4 Å². The van der Waals surface area contributed by atoms with Gasteiger partial charge in [0.2, 0.25) is 0 Å². The topological polar surface area (TPSA) is 75.6 Å². The van der Waals surface area contributed by atoms with Gasteiger partial charge in [0.1, 0.15) is 0 Å². The number of ether oxygens (including phenoxy) is 1. The lowest BCUT2D eigenvalue weighted by Crippen LogP contribution is -2.20. The second-order valence-corrected chi connectivity index (χ2v) is 6.25. The summed E-state index contributed by atoms with van der Waals surface area (Å²) in [6, 6.07) is 18.8. The number of esters is 1. The van der Waals surface area contributed by atoms with E-state index in [0.717, 1.165) is 22.1 Å². The van der Waals surface area contributed by atoms with Gasteiger partial charge in [-0.2, -0.15) is 0 Å². The first-order valence-corrected chi connectivity index (χ1v) is 8.64. The zero-order valence-corrected chi connectivity index (χ0v) is 15.2. The molecule has 3 rings (SSSR count). The summed E-state index contributed by atoms with van der Waals surface area (Å²) in [4.78, 5) is 23.0. The zero-order valence-electron chi connectivity index (χ0n) is 15.2. The maximum atomic E-state index is 11.6. The van der Waals surface area contributed by atoms with Crippen LogP contribution in [0.25, 0.3) is 21.9 Å². The molecule has 1 atom stereocenters. The summed E-state index contributed by atoms with van der Waals surface area (Å²) in [5, 5.41) is 14.1. The minimum absolute atomic E-state index is 0.127. The van der Waals surface area contributed by atoms with Gasteiger partial charge in [0.05, 0.1) is 19.1 Å². The summed E-state index contributed by atoms with van der Waals surface area (Å²) in [7, 11) is 3.18. The summed E-state index contributed by atoms with van der Waals surface area (Å²) in [5.41, 5.74) is 3.23. The predicted octanol–water partition coefficient (Wildman–Crippen LogP) is 4.03. The van der Waals surface area contributed by atoms with Gasteiger partial charge in [-0.1, -0.05) is 54.6 Å². The smallest absolute Gasteiger partial charge is 0.336 e.